The number of hydrogen-bond acceptors (Lipinski definition) is 2. The Morgan fingerprint density at radius 3 is 2.87 bits per heavy atom. The van der Waals surface area contributed by atoms with E-state index < -0.39 is 11.8 Å². The fraction of sp³-hybridized carbons (Fsp3) is 0.800. The van der Waals surface area contributed by atoms with Crippen molar-refractivity contribution in [3.8, 4) is 0 Å². The molecule has 0 spiro atoms. The van der Waals surface area contributed by atoms with Gasteiger partial charge in [0.05, 0.1) is 5.69 Å². The predicted molar refractivity (Wildman–Crippen MR) is 51.6 cm³/mol. The minimum atomic E-state index is -2.80. The number of nitrogens with zero attached hydrogens (tertiary/aromatic N) is 3. The van der Waals surface area contributed by atoms with Crippen LogP contribution in [-0.2, 0) is 19.4 Å². The monoisotopic (exact) mass is 215 g/mol. The first kappa shape index (κ1) is 10.5. The molecule has 1 aliphatic rings. The summed E-state index contributed by atoms with van der Waals surface area (Å²) in [5.74, 6) is -3.43. The molecule has 1 atom stereocenters. The second-order valence-electron chi connectivity index (χ2n) is 4.28. The molecule has 0 amide bonds. The van der Waals surface area contributed by atoms with Gasteiger partial charge in [-0.2, -0.15) is 8.78 Å². The van der Waals surface area contributed by atoms with E-state index in [1.165, 1.54) is 11.7 Å². The Hall–Kier alpha value is -1.00. The van der Waals surface area contributed by atoms with Crippen LogP contribution in [0, 0.1) is 5.92 Å². The third-order valence-corrected chi connectivity index (χ3v) is 3.13. The zero-order valence-corrected chi connectivity index (χ0v) is 9.00. The normalized spacial score (nSPS) is 25.5. The Morgan fingerprint density at radius 1 is 1.40 bits per heavy atom. The van der Waals surface area contributed by atoms with Crippen molar-refractivity contribution in [1.29, 1.82) is 0 Å². The minimum Gasteiger partial charge on any atom is -0.246 e. The maximum atomic E-state index is 14.0. The Kier molecular flexibility index (Phi) is 2.48. The van der Waals surface area contributed by atoms with Crippen LogP contribution < -0.4 is 0 Å². The maximum Gasteiger partial charge on any atom is 0.293 e. The van der Waals surface area contributed by atoms with Crippen LogP contribution in [0.15, 0.2) is 0 Å². The molecular weight excluding hydrogens is 200 g/mol. The van der Waals surface area contributed by atoms with Gasteiger partial charge in [-0.15, -0.1) is 5.10 Å². The van der Waals surface area contributed by atoms with Crippen LogP contribution >= 0.6 is 0 Å². The van der Waals surface area contributed by atoms with E-state index in [0.29, 0.717) is 18.5 Å². The van der Waals surface area contributed by atoms with Gasteiger partial charge < -0.3 is 0 Å². The molecule has 0 radical (unpaired) electrons. The summed E-state index contributed by atoms with van der Waals surface area (Å²) >= 11 is 0. The topological polar surface area (TPSA) is 30.7 Å². The summed E-state index contributed by atoms with van der Waals surface area (Å²) in [6.45, 7) is 1.60. The first-order chi connectivity index (χ1) is 7.03. The summed E-state index contributed by atoms with van der Waals surface area (Å²) in [6.07, 6.45) is 2.95. The van der Waals surface area contributed by atoms with E-state index in [9.17, 15) is 8.78 Å². The van der Waals surface area contributed by atoms with Gasteiger partial charge in [-0.05, 0) is 19.3 Å². The Bertz CT molecular complexity index is 360. The third kappa shape index (κ3) is 1.64. The van der Waals surface area contributed by atoms with Crippen LogP contribution in [0.1, 0.15) is 37.6 Å². The number of fused-ring (bicyclic) bond motifs is 1. The average molecular weight is 215 g/mol. The maximum absolute atomic E-state index is 14.0. The molecule has 0 fully saturated rings. The van der Waals surface area contributed by atoms with E-state index in [-0.39, 0.29) is 5.69 Å². The summed E-state index contributed by atoms with van der Waals surface area (Å²) in [5.41, 5.74) is 0.476. The van der Waals surface area contributed by atoms with E-state index in [4.69, 9.17) is 0 Å². The average Bonchev–Trinajstić information content (AvgIpc) is 2.52. The number of aromatic nitrogens is 3. The van der Waals surface area contributed by atoms with Crippen LogP contribution in [0.3, 0.4) is 0 Å². The molecular formula is C10H15F2N3. The summed E-state index contributed by atoms with van der Waals surface area (Å²) in [4.78, 5) is 0. The molecule has 0 aliphatic heterocycles. The molecule has 0 saturated heterocycles. The number of rotatable bonds is 0. The van der Waals surface area contributed by atoms with Crippen LogP contribution in [0.5, 0.6) is 0 Å². The van der Waals surface area contributed by atoms with Crippen LogP contribution in [-0.4, -0.2) is 15.0 Å². The van der Waals surface area contributed by atoms with E-state index in [2.05, 4.69) is 10.3 Å². The van der Waals surface area contributed by atoms with Gasteiger partial charge in [-0.3, -0.25) is 0 Å². The van der Waals surface area contributed by atoms with Gasteiger partial charge in [0.25, 0.3) is 5.92 Å². The highest BCUT2D eigenvalue weighted by Crippen LogP contribution is 2.41. The molecule has 1 aromatic rings. The Morgan fingerprint density at radius 2 is 2.13 bits per heavy atom. The summed E-state index contributed by atoms with van der Waals surface area (Å²) in [5, 5.41) is 7.52. The third-order valence-electron chi connectivity index (χ3n) is 3.13. The molecule has 1 aliphatic carbocycles. The molecule has 1 unspecified atom stereocenters. The zero-order chi connectivity index (χ0) is 11.1. The van der Waals surface area contributed by atoms with Crippen LogP contribution in [0.2, 0.25) is 0 Å². The molecule has 0 bridgehead atoms. The SMILES string of the molecule is CC1CCCCc2nnn(C)c2C1(F)F. The van der Waals surface area contributed by atoms with Crippen molar-refractivity contribution in [3.05, 3.63) is 11.4 Å². The van der Waals surface area contributed by atoms with E-state index in [1.54, 1.807) is 6.92 Å². The van der Waals surface area contributed by atoms with Crippen molar-refractivity contribution < 1.29 is 8.78 Å². The van der Waals surface area contributed by atoms with Gasteiger partial charge in [0.15, 0.2) is 0 Å². The second kappa shape index (κ2) is 3.54. The van der Waals surface area contributed by atoms with E-state index in [1.807, 2.05) is 0 Å². The predicted octanol–water partition coefficient (Wildman–Crippen LogP) is 2.27. The van der Waals surface area contributed by atoms with E-state index >= 15 is 0 Å². The highest BCUT2D eigenvalue weighted by atomic mass is 19.3. The molecule has 0 N–H and O–H groups in total. The standard InChI is InChI=1S/C10H15F2N3/c1-7-5-3-4-6-8-9(10(7,11)12)15(2)14-13-8/h7H,3-6H2,1-2H3. The van der Waals surface area contributed by atoms with Gasteiger partial charge in [0, 0.05) is 13.0 Å². The molecule has 1 aromatic heterocycles. The lowest BCUT2D eigenvalue weighted by molar-refractivity contribution is -0.0709. The van der Waals surface area contributed by atoms with Crippen molar-refractivity contribution in [3.63, 3.8) is 0 Å². The van der Waals surface area contributed by atoms with Crippen LogP contribution in [0.25, 0.3) is 0 Å². The quantitative estimate of drug-likeness (QED) is 0.664. The zero-order valence-electron chi connectivity index (χ0n) is 9.00. The van der Waals surface area contributed by atoms with Crippen molar-refractivity contribution in [2.75, 3.05) is 0 Å². The Balaban J connectivity index is 2.50. The summed E-state index contributed by atoms with van der Waals surface area (Å²) < 4.78 is 29.3. The first-order valence-electron chi connectivity index (χ1n) is 5.30. The second-order valence-corrected chi connectivity index (χ2v) is 4.28. The minimum absolute atomic E-state index is 0.00898. The highest BCUT2D eigenvalue weighted by molar-refractivity contribution is 5.18. The van der Waals surface area contributed by atoms with E-state index in [0.717, 1.165) is 12.8 Å². The summed E-state index contributed by atoms with van der Waals surface area (Å²) in [6, 6.07) is 0. The molecule has 0 aromatic carbocycles. The number of alkyl halides is 2. The smallest absolute Gasteiger partial charge is 0.246 e. The van der Waals surface area contributed by atoms with Gasteiger partial charge in [0.1, 0.15) is 5.69 Å². The van der Waals surface area contributed by atoms with Crippen molar-refractivity contribution in [2.45, 2.75) is 38.5 Å². The molecule has 1 heterocycles. The molecule has 15 heavy (non-hydrogen) atoms. The van der Waals surface area contributed by atoms with Gasteiger partial charge in [-0.25, -0.2) is 4.68 Å². The van der Waals surface area contributed by atoms with Gasteiger partial charge in [0.2, 0.25) is 0 Å². The van der Waals surface area contributed by atoms with Crippen molar-refractivity contribution in [2.24, 2.45) is 13.0 Å². The molecule has 0 saturated carbocycles. The van der Waals surface area contributed by atoms with Crippen molar-refractivity contribution in [1.82, 2.24) is 15.0 Å². The molecule has 5 heteroatoms. The van der Waals surface area contributed by atoms with Gasteiger partial charge in [-0.1, -0.05) is 18.6 Å². The fourth-order valence-corrected chi connectivity index (χ4v) is 2.13. The number of aryl methyl sites for hydroxylation is 2. The fourth-order valence-electron chi connectivity index (χ4n) is 2.13. The summed E-state index contributed by atoms with van der Waals surface area (Å²) in [7, 11) is 1.54. The van der Waals surface area contributed by atoms with Gasteiger partial charge >= 0.3 is 0 Å². The highest BCUT2D eigenvalue weighted by Gasteiger charge is 2.44. The molecule has 2 rings (SSSR count). The number of halogens is 2. The lowest BCUT2D eigenvalue weighted by atomic mass is 9.89. The molecule has 84 valence electrons. The van der Waals surface area contributed by atoms with Crippen molar-refractivity contribution >= 4 is 0 Å². The largest absolute Gasteiger partial charge is 0.293 e. The number of hydrogen-bond donors (Lipinski definition) is 0. The van der Waals surface area contributed by atoms with Crippen LogP contribution in [0.4, 0.5) is 8.78 Å². The lowest BCUT2D eigenvalue weighted by Crippen LogP contribution is -2.29. The molecule has 3 nitrogen and oxygen atoms in total. The Labute approximate surface area is 87.5 Å². The first-order valence-corrected chi connectivity index (χ1v) is 5.30. The lowest BCUT2D eigenvalue weighted by Gasteiger charge is -2.26.